The van der Waals surface area contributed by atoms with E-state index in [2.05, 4.69) is 32.0 Å². The van der Waals surface area contributed by atoms with Crippen LogP contribution in [0.5, 0.6) is 0 Å². The lowest BCUT2D eigenvalue weighted by Crippen LogP contribution is -2.14. The third kappa shape index (κ3) is 3.31. The Morgan fingerprint density at radius 1 is 1.19 bits per heavy atom. The first kappa shape index (κ1) is 18.7. The fourth-order valence-corrected chi connectivity index (χ4v) is 3.59. The van der Waals surface area contributed by atoms with Crippen LogP contribution in [0.1, 0.15) is 48.5 Å². The summed E-state index contributed by atoms with van der Waals surface area (Å²) in [6.45, 7) is 2.06. The number of alkyl halides is 3. The second-order valence-corrected chi connectivity index (χ2v) is 6.30. The summed E-state index contributed by atoms with van der Waals surface area (Å²) in [6, 6.07) is 6.79. The molecule has 5 nitrogen and oxygen atoms in total. The molecule has 0 spiro atoms. The summed E-state index contributed by atoms with van der Waals surface area (Å²) < 4.78 is 39.1. The Morgan fingerprint density at radius 2 is 1.92 bits per heavy atom. The number of hydrogen-bond donors (Lipinski definition) is 3. The van der Waals surface area contributed by atoms with Crippen molar-refractivity contribution in [2.24, 2.45) is 0 Å². The van der Waals surface area contributed by atoms with Crippen LogP contribution in [0, 0.1) is 0 Å². The number of rotatable bonds is 4. The highest BCUT2D eigenvalue weighted by atomic mass is 35.5. The molecule has 2 aliphatic rings. The zero-order chi connectivity index (χ0) is 17.6. The van der Waals surface area contributed by atoms with Crippen molar-refractivity contribution in [2.75, 3.05) is 17.2 Å². The minimum atomic E-state index is -4.49. The molecule has 1 aromatic carbocycles. The van der Waals surface area contributed by atoms with E-state index in [1.54, 1.807) is 6.92 Å². The van der Waals surface area contributed by atoms with Crippen molar-refractivity contribution < 1.29 is 13.2 Å². The zero-order valence-corrected chi connectivity index (χ0v) is 14.8. The molecular formula is C17H19ClF3N5. The van der Waals surface area contributed by atoms with Crippen LogP contribution in [0.2, 0.25) is 0 Å². The number of nitrogens with one attached hydrogen (secondary N) is 3. The minimum Gasteiger partial charge on any atom is -0.370 e. The quantitative estimate of drug-likeness (QED) is 0.719. The van der Waals surface area contributed by atoms with Crippen molar-refractivity contribution in [2.45, 2.75) is 38.0 Å². The van der Waals surface area contributed by atoms with E-state index >= 15 is 0 Å². The predicted molar refractivity (Wildman–Crippen MR) is 96.0 cm³/mol. The van der Waals surface area contributed by atoms with E-state index < -0.39 is 11.7 Å². The molecule has 9 heteroatoms. The van der Waals surface area contributed by atoms with Gasteiger partial charge in [-0.2, -0.15) is 18.2 Å². The maximum absolute atomic E-state index is 13.0. The molecule has 1 saturated heterocycles. The summed E-state index contributed by atoms with van der Waals surface area (Å²) in [7, 11) is 0. The van der Waals surface area contributed by atoms with Crippen molar-refractivity contribution in [3.05, 3.63) is 41.1 Å². The highest BCUT2D eigenvalue weighted by Gasteiger charge is 2.36. The lowest BCUT2D eigenvalue weighted by Gasteiger charge is -2.16. The van der Waals surface area contributed by atoms with Crippen LogP contribution in [0.25, 0.3) is 0 Å². The summed E-state index contributed by atoms with van der Waals surface area (Å²) in [5.74, 6) is -0.0746. The standard InChI is InChI=1S/C17H18F3N5.ClH/c1-2-21-15-12(17(18,19)20)8-22-16(25-15)23-9-3-4-10-11(7-9)14-6-5-13(10)24-14;/h3-4,7-8,13-14,24H,2,5-6H2,1H3,(H2,21,22,23,25);1H. The van der Waals surface area contributed by atoms with Gasteiger partial charge in [-0.15, -0.1) is 12.4 Å². The average molecular weight is 386 g/mol. The number of benzene rings is 1. The molecule has 0 aliphatic carbocycles. The first-order chi connectivity index (χ1) is 12.0. The summed E-state index contributed by atoms with van der Waals surface area (Å²) in [6.07, 6.45) is -1.42. The predicted octanol–water partition coefficient (Wildman–Crippen LogP) is 4.57. The summed E-state index contributed by atoms with van der Waals surface area (Å²) in [5, 5.41) is 9.20. The second-order valence-electron chi connectivity index (χ2n) is 6.30. The third-order valence-corrected chi connectivity index (χ3v) is 4.68. The highest BCUT2D eigenvalue weighted by molar-refractivity contribution is 5.85. The van der Waals surface area contributed by atoms with E-state index in [1.165, 1.54) is 11.1 Å². The molecule has 0 radical (unpaired) electrons. The Kier molecular flexibility index (Phi) is 4.98. The monoisotopic (exact) mass is 385 g/mol. The van der Waals surface area contributed by atoms with E-state index in [0.717, 1.165) is 24.7 Å². The SMILES string of the molecule is CCNc1nc(Nc2ccc3c(c2)C2CCC3N2)ncc1C(F)(F)F.Cl. The Balaban J connectivity index is 0.00000196. The van der Waals surface area contributed by atoms with E-state index in [1.807, 2.05) is 12.1 Å². The van der Waals surface area contributed by atoms with Gasteiger partial charge < -0.3 is 16.0 Å². The van der Waals surface area contributed by atoms with Crippen molar-refractivity contribution >= 4 is 29.9 Å². The van der Waals surface area contributed by atoms with Crippen molar-refractivity contribution in [1.29, 1.82) is 0 Å². The fraction of sp³-hybridized carbons (Fsp3) is 0.412. The van der Waals surface area contributed by atoms with E-state index in [-0.39, 0.29) is 24.2 Å². The van der Waals surface area contributed by atoms with Gasteiger partial charge >= 0.3 is 6.18 Å². The normalized spacial score (nSPS) is 20.5. The minimum absolute atomic E-state index is 0. The van der Waals surface area contributed by atoms with Crippen LogP contribution in [-0.2, 0) is 6.18 Å². The molecule has 1 aromatic heterocycles. The van der Waals surface area contributed by atoms with Crippen LogP contribution >= 0.6 is 12.4 Å². The van der Waals surface area contributed by atoms with Crippen LogP contribution < -0.4 is 16.0 Å². The van der Waals surface area contributed by atoms with Crippen molar-refractivity contribution in [1.82, 2.24) is 15.3 Å². The first-order valence-electron chi connectivity index (χ1n) is 8.30. The Bertz CT molecular complexity index is 811. The van der Waals surface area contributed by atoms with Crippen LogP contribution in [0.15, 0.2) is 24.4 Å². The number of halogens is 4. The van der Waals surface area contributed by atoms with Gasteiger partial charge in [-0.1, -0.05) is 6.07 Å². The van der Waals surface area contributed by atoms with E-state index in [9.17, 15) is 13.2 Å². The fourth-order valence-electron chi connectivity index (χ4n) is 3.59. The first-order valence-corrected chi connectivity index (χ1v) is 8.30. The Labute approximate surface area is 155 Å². The van der Waals surface area contributed by atoms with Crippen LogP contribution in [0.3, 0.4) is 0 Å². The molecule has 4 rings (SSSR count). The Hall–Kier alpha value is -2.06. The lowest BCUT2D eigenvalue weighted by molar-refractivity contribution is -0.137. The number of hydrogen-bond acceptors (Lipinski definition) is 5. The van der Waals surface area contributed by atoms with Gasteiger partial charge in [0.25, 0.3) is 0 Å². The Morgan fingerprint density at radius 3 is 2.62 bits per heavy atom. The average Bonchev–Trinajstić information content (AvgIpc) is 3.16. The summed E-state index contributed by atoms with van der Waals surface area (Å²) >= 11 is 0. The highest BCUT2D eigenvalue weighted by Crippen LogP contribution is 2.45. The third-order valence-electron chi connectivity index (χ3n) is 4.68. The van der Waals surface area contributed by atoms with Gasteiger partial charge in [0, 0.05) is 30.5 Å². The van der Waals surface area contributed by atoms with Gasteiger partial charge in [-0.3, -0.25) is 0 Å². The van der Waals surface area contributed by atoms with Gasteiger partial charge in [-0.05, 0) is 43.0 Å². The molecule has 3 heterocycles. The number of anilines is 3. The molecule has 3 N–H and O–H groups in total. The molecule has 2 aliphatic heterocycles. The molecule has 26 heavy (non-hydrogen) atoms. The van der Waals surface area contributed by atoms with Crippen molar-refractivity contribution in [3.63, 3.8) is 0 Å². The number of nitrogens with zero attached hydrogens (tertiary/aromatic N) is 2. The lowest BCUT2D eigenvalue weighted by atomic mass is 9.91. The molecule has 1 fully saturated rings. The maximum atomic E-state index is 13.0. The second kappa shape index (κ2) is 6.92. The molecule has 2 bridgehead atoms. The van der Waals surface area contributed by atoms with Gasteiger partial charge in [0.1, 0.15) is 11.4 Å². The molecule has 2 unspecified atom stereocenters. The molecule has 2 atom stereocenters. The van der Waals surface area contributed by atoms with Gasteiger partial charge in [-0.25, -0.2) is 4.98 Å². The maximum Gasteiger partial charge on any atom is 0.421 e. The molecule has 0 amide bonds. The van der Waals surface area contributed by atoms with Crippen molar-refractivity contribution in [3.8, 4) is 0 Å². The van der Waals surface area contributed by atoms with Crippen LogP contribution in [-0.4, -0.2) is 16.5 Å². The van der Waals surface area contributed by atoms with Crippen LogP contribution in [0.4, 0.5) is 30.6 Å². The number of aromatic nitrogens is 2. The van der Waals surface area contributed by atoms with Gasteiger partial charge in [0.2, 0.25) is 5.95 Å². The topological polar surface area (TPSA) is 61.9 Å². The largest absolute Gasteiger partial charge is 0.421 e. The van der Waals surface area contributed by atoms with Gasteiger partial charge in [0.15, 0.2) is 0 Å². The van der Waals surface area contributed by atoms with E-state index in [0.29, 0.717) is 18.6 Å². The number of fused-ring (bicyclic) bond motifs is 5. The molecule has 0 saturated carbocycles. The molecule has 2 aromatic rings. The zero-order valence-electron chi connectivity index (χ0n) is 14.0. The smallest absolute Gasteiger partial charge is 0.370 e. The summed E-state index contributed by atoms with van der Waals surface area (Å²) in [5.41, 5.74) is 2.47. The molecular weight excluding hydrogens is 367 g/mol. The van der Waals surface area contributed by atoms with E-state index in [4.69, 9.17) is 0 Å². The molecule has 140 valence electrons. The summed E-state index contributed by atoms with van der Waals surface area (Å²) in [4.78, 5) is 7.82. The van der Waals surface area contributed by atoms with Gasteiger partial charge in [0.05, 0.1) is 0 Å².